The molecular weight excluding hydrogens is 195 g/mol. The number of rotatable bonds is 1. The first-order valence-corrected chi connectivity index (χ1v) is 5.25. The van der Waals surface area contributed by atoms with Gasteiger partial charge in [-0.2, -0.15) is 0 Å². The highest BCUT2D eigenvalue weighted by molar-refractivity contribution is 5.61. The Bertz CT molecular complexity index is 379. The molecular formula is C11H13FN2O. The summed E-state index contributed by atoms with van der Waals surface area (Å²) in [7, 11) is 0. The summed E-state index contributed by atoms with van der Waals surface area (Å²) in [6.07, 6.45) is 0. The van der Waals surface area contributed by atoms with Crippen molar-refractivity contribution in [3.05, 3.63) is 24.0 Å². The van der Waals surface area contributed by atoms with E-state index in [1.165, 1.54) is 6.07 Å². The number of nitrogens with zero attached hydrogens (tertiary/aromatic N) is 1. The Labute approximate surface area is 87.8 Å². The smallest absolute Gasteiger partial charge is 0.178 e. The summed E-state index contributed by atoms with van der Waals surface area (Å²) in [6, 6.07) is 5.61. The Hall–Kier alpha value is -1.29. The third-order valence-electron chi connectivity index (χ3n) is 3.03. The van der Waals surface area contributed by atoms with Crippen LogP contribution in [0.2, 0.25) is 0 Å². The maximum Gasteiger partial charge on any atom is 0.178 e. The van der Waals surface area contributed by atoms with Gasteiger partial charge < -0.3 is 15.0 Å². The Kier molecular flexibility index (Phi) is 2.02. The van der Waals surface area contributed by atoms with E-state index in [-0.39, 0.29) is 5.82 Å². The number of ether oxygens (including phenoxy) is 1. The van der Waals surface area contributed by atoms with Crippen molar-refractivity contribution in [2.45, 2.75) is 6.04 Å². The standard InChI is InChI=1S/C11H13FN2O/c12-9-2-1-3-10-11(9)15-5-4-14(10)8-6-13-7-8/h1-3,8,13H,4-7H2. The molecule has 0 aliphatic carbocycles. The largest absolute Gasteiger partial charge is 0.486 e. The first kappa shape index (κ1) is 8.97. The fourth-order valence-electron chi connectivity index (χ4n) is 2.11. The van der Waals surface area contributed by atoms with Gasteiger partial charge in [-0.15, -0.1) is 0 Å². The number of hydrogen-bond acceptors (Lipinski definition) is 3. The van der Waals surface area contributed by atoms with E-state index >= 15 is 0 Å². The first-order chi connectivity index (χ1) is 7.36. The summed E-state index contributed by atoms with van der Waals surface area (Å²) in [4.78, 5) is 2.23. The molecule has 3 nitrogen and oxygen atoms in total. The van der Waals surface area contributed by atoms with Crippen molar-refractivity contribution in [2.24, 2.45) is 0 Å². The van der Waals surface area contributed by atoms with Gasteiger partial charge in [0.15, 0.2) is 11.6 Å². The van der Waals surface area contributed by atoms with Gasteiger partial charge in [-0.3, -0.25) is 0 Å². The van der Waals surface area contributed by atoms with E-state index in [2.05, 4.69) is 10.2 Å². The van der Waals surface area contributed by atoms with Crippen molar-refractivity contribution >= 4 is 5.69 Å². The maximum absolute atomic E-state index is 13.5. The molecule has 0 radical (unpaired) electrons. The molecule has 4 heteroatoms. The number of para-hydroxylation sites is 1. The van der Waals surface area contributed by atoms with Crippen LogP contribution in [0.4, 0.5) is 10.1 Å². The summed E-state index contributed by atoms with van der Waals surface area (Å²) in [5, 5.41) is 3.23. The zero-order chi connectivity index (χ0) is 10.3. The molecule has 2 aliphatic heterocycles. The van der Waals surface area contributed by atoms with Crippen molar-refractivity contribution in [2.75, 3.05) is 31.1 Å². The molecule has 0 unspecified atom stereocenters. The van der Waals surface area contributed by atoms with Crippen LogP contribution in [-0.4, -0.2) is 32.3 Å². The van der Waals surface area contributed by atoms with Crippen LogP contribution in [0.25, 0.3) is 0 Å². The zero-order valence-corrected chi connectivity index (χ0v) is 8.37. The van der Waals surface area contributed by atoms with Crippen LogP contribution in [0.5, 0.6) is 5.75 Å². The molecule has 1 saturated heterocycles. The van der Waals surface area contributed by atoms with E-state index in [0.717, 1.165) is 25.3 Å². The second-order valence-corrected chi connectivity index (χ2v) is 3.94. The number of halogens is 1. The fourth-order valence-corrected chi connectivity index (χ4v) is 2.11. The van der Waals surface area contributed by atoms with Gasteiger partial charge in [-0.05, 0) is 12.1 Å². The molecule has 3 rings (SSSR count). The van der Waals surface area contributed by atoms with Crippen molar-refractivity contribution < 1.29 is 9.13 Å². The molecule has 0 aromatic heterocycles. The maximum atomic E-state index is 13.5. The van der Waals surface area contributed by atoms with E-state index in [1.54, 1.807) is 6.07 Å². The molecule has 80 valence electrons. The van der Waals surface area contributed by atoms with E-state index < -0.39 is 0 Å². The molecule has 1 aromatic rings. The number of nitrogens with one attached hydrogen (secondary N) is 1. The first-order valence-electron chi connectivity index (χ1n) is 5.25. The van der Waals surface area contributed by atoms with Gasteiger partial charge in [0.25, 0.3) is 0 Å². The van der Waals surface area contributed by atoms with Crippen LogP contribution in [0.3, 0.4) is 0 Å². The van der Waals surface area contributed by atoms with Gasteiger partial charge in [0.2, 0.25) is 0 Å². The lowest BCUT2D eigenvalue weighted by Gasteiger charge is -2.42. The predicted octanol–water partition coefficient (Wildman–Crippen LogP) is 0.996. The van der Waals surface area contributed by atoms with Crippen molar-refractivity contribution in [3.63, 3.8) is 0 Å². The Morgan fingerprint density at radius 2 is 2.27 bits per heavy atom. The van der Waals surface area contributed by atoms with Gasteiger partial charge in [0.05, 0.1) is 18.3 Å². The van der Waals surface area contributed by atoms with Crippen molar-refractivity contribution in [1.29, 1.82) is 0 Å². The van der Waals surface area contributed by atoms with E-state index in [4.69, 9.17) is 4.74 Å². The second-order valence-electron chi connectivity index (χ2n) is 3.94. The second kappa shape index (κ2) is 3.38. The fraction of sp³-hybridized carbons (Fsp3) is 0.455. The van der Waals surface area contributed by atoms with Crippen LogP contribution in [-0.2, 0) is 0 Å². The summed E-state index contributed by atoms with van der Waals surface area (Å²) in [6.45, 7) is 3.39. The quantitative estimate of drug-likeness (QED) is 0.745. The summed E-state index contributed by atoms with van der Waals surface area (Å²) < 4.78 is 18.8. The molecule has 0 atom stereocenters. The van der Waals surface area contributed by atoms with Gasteiger partial charge in [-0.1, -0.05) is 6.07 Å². The molecule has 1 aromatic carbocycles. The third-order valence-corrected chi connectivity index (χ3v) is 3.03. The number of anilines is 1. The SMILES string of the molecule is Fc1cccc2c1OCCN2C1CNC1. The highest BCUT2D eigenvalue weighted by atomic mass is 19.1. The molecule has 15 heavy (non-hydrogen) atoms. The molecule has 0 amide bonds. The van der Waals surface area contributed by atoms with Crippen molar-refractivity contribution in [1.82, 2.24) is 5.32 Å². The van der Waals surface area contributed by atoms with Crippen LogP contribution >= 0.6 is 0 Å². The zero-order valence-electron chi connectivity index (χ0n) is 8.37. The van der Waals surface area contributed by atoms with E-state index in [1.807, 2.05) is 6.07 Å². The van der Waals surface area contributed by atoms with Crippen LogP contribution < -0.4 is 15.0 Å². The highest BCUT2D eigenvalue weighted by Gasteiger charge is 2.30. The molecule has 2 aliphatic rings. The topological polar surface area (TPSA) is 24.5 Å². The Morgan fingerprint density at radius 3 is 3.00 bits per heavy atom. The third kappa shape index (κ3) is 1.36. The van der Waals surface area contributed by atoms with Crippen LogP contribution in [0, 0.1) is 5.82 Å². The highest BCUT2D eigenvalue weighted by Crippen LogP contribution is 2.35. The van der Waals surface area contributed by atoms with Gasteiger partial charge in [0, 0.05) is 13.1 Å². The predicted molar refractivity (Wildman–Crippen MR) is 55.9 cm³/mol. The van der Waals surface area contributed by atoms with Crippen molar-refractivity contribution in [3.8, 4) is 5.75 Å². The minimum Gasteiger partial charge on any atom is -0.486 e. The Balaban J connectivity index is 1.98. The normalized spacial score (nSPS) is 20.5. The van der Waals surface area contributed by atoms with Gasteiger partial charge in [-0.25, -0.2) is 4.39 Å². The number of fused-ring (bicyclic) bond motifs is 1. The minimum absolute atomic E-state index is 0.260. The van der Waals surface area contributed by atoms with E-state index in [9.17, 15) is 4.39 Å². The minimum atomic E-state index is -0.260. The molecule has 2 heterocycles. The number of hydrogen-bond donors (Lipinski definition) is 1. The lowest BCUT2D eigenvalue weighted by atomic mass is 10.1. The molecule has 0 bridgehead atoms. The summed E-state index contributed by atoms with van der Waals surface area (Å²) in [5.41, 5.74) is 0.896. The molecule has 1 N–H and O–H groups in total. The van der Waals surface area contributed by atoms with Crippen LogP contribution in [0.15, 0.2) is 18.2 Å². The summed E-state index contributed by atoms with van der Waals surface area (Å²) in [5.74, 6) is 0.153. The van der Waals surface area contributed by atoms with E-state index in [0.29, 0.717) is 18.4 Å². The van der Waals surface area contributed by atoms with Crippen LogP contribution in [0.1, 0.15) is 0 Å². The van der Waals surface area contributed by atoms with Gasteiger partial charge >= 0.3 is 0 Å². The van der Waals surface area contributed by atoms with Gasteiger partial charge in [0.1, 0.15) is 6.61 Å². The average molecular weight is 208 g/mol. The lowest BCUT2D eigenvalue weighted by molar-refractivity contribution is 0.273. The monoisotopic (exact) mass is 208 g/mol. The Morgan fingerprint density at radius 1 is 1.40 bits per heavy atom. The average Bonchev–Trinajstić information content (AvgIpc) is 2.17. The lowest BCUT2D eigenvalue weighted by Crippen LogP contribution is -2.59. The summed E-state index contributed by atoms with van der Waals surface area (Å²) >= 11 is 0. The molecule has 1 fully saturated rings. The number of benzene rings is 1. The molecule has 0 saturated carbocycles. The molecule has 0 spiro atoms.